The lowest BCUT2D eigenvalue weighted by molar-refractivity contribution is 0.0268. The largest absolute Gasteiger partial charge is 0.377 e. The van der Waals surface area contributed by atoms with Crippen molar-refractivity contribution in [3.63, 3.8) is 0 Å². The maximum absolute atomic E-state index is 5.40. The Kier molecular flexibility index (Phi) is 6.71. The summed E-state index contributed by atoms with van der Waals surface area (Å²) in [5, 5.41) is 6.71. The van der Waals surface area contributed by atoms with Crippen molar-refractivity contribution in [2.24, 2.45) is 4.99 Å². The first-order valence-corrected chi connectivity index (χ1v) is 7.26. The van der Waals surface area contributed by atoms with Crippen molar-refractivity contribution >= 4 is 5.96 Å². The number of aliphatic imine (C=N–C) groups is 1. The van der Waals surface area contributed by atoms with Crippen LogP contribution in [0.1, 0.15) is 13.8 Å². The Labute approximate surface area is 123 Å². The molecule has 6 heteroatoms. The minimum Gasteiger partial charge on any atom is -0.377 e. The van der Waals surface area contributed by atoms with Crippen LogP contribution in [0, 0.1) is 0 Å². The first-order valence-electron chi connectivity index (χ1n) is 7.26. The molecule has 0 aromatic rings. The Morgan fingerprint density at radius 1 is 1.30 bits per heavy atom. The van der Waals surface area contributed by atoms with E-state index in [-0.39, 0.29) is 5.60 Å². The zero-order chi connectivity index (χ0) is 15.2. The lowest BCUT2D eigenvalue weighted by Gasteiger charge is -2.38. The number of likely N-dealkylation sites (N-methyl/N-ethyl adjacent to an activating group) is 2. The first-order chi connectivity index (χ1) is 9.38. The molecule has 0 aliphatic carbocycles. The van der Waals surface area contributed by atoms with Crippen LogP contribution in [0.25, 0.3) is 0 Å². The molecule has 1 unspecified atom stereocenters. The van der Waals surface area contributed by atoms with Crippen LogP contribution in [0.4, 0.5) is 0 Å². The third kappa shape index (κ3) is 5.64. The van der Waals surface area contributed by atoms with Crippen molar-refractivity contribution in [3.8, 4) is 0 Å². The number of nitrogens with one attached hydrogen (secondary N) is 2. The number of nitrogens with zero attached hydrogens (tertiary/aromatic N) is 3. The van der Waals surface area contributed by atoms with Gasteiger partial charge in [0.05, 0.1) is 5.60 Å². The maximum Gasteiger partial charge on any atom is 0.191 e. The third-order valence-electron chi connectivity index (χ3n) is 3.94. The Bertz CT molecular complexity index is 319. The normalized spacial score (nSPS) is 22.9. The third-order valence-corrected chi connectivity index (χ3v) is 3.94. The van der Waals surface area contributed by atoms with Crippen molar-refractivity contribution in [2.75, 3.05) is 61.0 Å². The standard InChI is InChI=1S/C14H31N5O/c1-14(2,20-6)11-17-13(15-3)16-9-12-10-18(4)7-8-19(12)5/h12H,7-11H2,1-6H3,(H2,15,16,17). The Morgan fingerprint density at radius 3 is 2.60 bits per heavy atom. The molecular formula is C14H31N5O. The van der Waals surface area contributed by atoms with Gasteiger partial charge < -0.3 is 20.3 Å². The average Bonchev–Trinajstić information content (AvgIpc) is 2.42. The molecule has 20 heavy (non-hydrogen) atoms. The number of guanidine groups is 1. The quantitative estimate of drug-likeness (QED) is 0.542. The summed E-state index contributed by atoms with van der Waals surface area (Å²) in [4.78, 5) is 9.03. The SMILES string of the molecule is CN=C(NCC1CN(C)CCN1C)NCC(C)(C)OC. The first kappa shape index (κ1) is 17.2. The fourth-order valence-corrected chi connectivity index (χ4v) is 2.13. The zero-order valence-electron chi connectivity index (χ0n) is 13.9. The molecule has 0 radical (unpaired) electrons. The van der Waals surface area contributed by atoms with Gasteiger partial charge in [-0.25, -0.2) is 0 Å². The van der Waals surface area contributed by atoms with E-state index in [2.05, 4.69) is 53.4 Å². The second-order valence-electron chi connectivity index (χ2n) is 6.17. The fourth-order valence-electron chi connectivity index (χ4n) is 2.13. The molecule has 0 spiro atoms. The van der Waals surface area contributed by atoms with E-state index in [0.29, 0.717) is 6.04 Å². The Balaban J connectivity index is 2.38. The topological polar surface area (TPSA) is 52.1 Å². The summed E-state index contributed by atoms with van der Waals surface area (Å²) < 4.78 is 5.40. The zero-order valence-corrected chi connectivity index (χ0v) is 13.9. The number of rotatable bonds is 5. The monoisotopic (exact) mass is 285 g/mol. The molecule has 118 valence electrons. The van der Waals surface area contributed by atoms with E-state index in [4.69, 9.17) is 4.74 Å². The van der Waals surface area contributed by atoms with Crippen molar-refractivity contribution < 1.29 is 4.74 Å². The minimum atomic E-state index is -0.195. The fraction of sp³-hybridized carbons (Fsp3) is 0.929. The van der Waals surface area contributed by atoms with E-state index in [1.807, 2.05) is 0 Å². The molecule has 0 aromatic carbocycles. The van der Waals surface area contributed by atoms with Gasteiger partial charge in [-0.2, -0.15) is 0 Å². The van der Waals surface area contributed by atoms with Crippen LogP contribution < -0.4 is 10.6 Å². The van der Waals surface area contributed by atoms with Crippen molar-refractivity contribution in [3.05, 3.63) is 0 Å². The van der Waals surface area contributed by atoms with E-state index in [9.17, 15) is 0 Å². The summed E-state index contributed by atoms with van der Waals surface area (Å²) >= 11 is 0. The summed E-state index contributed by atoms with van der Waals surface area (Å²) in [6.07, 6.45) is 0. The number of ether oxygens (including phenoxy) is 1. The highest BCUT2D eigenvalue weighted by Gasteiger charge is 2.22. The Morgan fingerprint density at radius 2 is 2.00 bits per heavy atom. The van der Waals surface area contributed by atoms with Gasteiger partial charge in [-0.3, -0.25) is 9.89 Å². The highest BCUT2D eigenvalue weighted by atomic mass is 16.5. The summed E-state index contributed by atoms with van der Waals surface area (Å²) in [6.45, 7) is 9.07. The highest BCUT2D eigenvalue weighted by Crippen LogP contribution is 2.05. The molecule has 1 fully saturated rings. The molecule has 1 atom stereocenters. The van der Waals surface area contributed by atoms with E-state index in [0.717, 1.165) is 38.7 Å². The molecule has 0 saturated carbocycles. The molecule has 2 N–H and O–H groups in total. The summed E-state index contributed by atoms with van der Waals surface area (Å²) in [5.41, 5.74) is -0.195. The van der Waals surface area contributed by atoms with Crippen LogP contribution in [0.5, 0.6) is 0 Å². The van der Waals surface area contributed by atoms with Crippen molar-refractivity contribution in [2.45, 2.75) is 25.5 Å². The Hall–Kier alpha value is -0.850. The van der Waals surface area contributed by atoms with Crippen molar-refractivity contribution in [1.82, 2.24) is 20.4 Å². The molecule has 1 aliphatic heterocycles. The minimum absolute atomic E-state index is 0.195. The molecule has 1 aliphatic rings. The molecule has 0 bridgehead atoms. The van der Waals surface area contributed by atoms with Gasteiger partial charge in [-0.15, -0.1) is 0 Å². The van der Waals surface area contributed by atoms with Gasteiger partial charge >= 0.3 is 0 Å². The van der Waals surface area contributed by atoms with Gasteiger partial charge in [0, 0.05) is 52.9 Å². The molecule has 0 amide bonds. The van der Waals surface area contributed by atoms with Crippen LogP contribution in [0.2, 0.25) is 0 Å². The number of methoxy groups -OCH3 is 1. The van der Waals surface area contributed by atoms with Gasteiger partial charge in [0.25, 0.3) is 0 Å². The molecule has 0 aromatic heterocycles. The molecule has 1 saturated heterocycles. The van der Waals surface area contributed by atoms with E-state index < -0.39 is 0 Å². The van der Waals surface area contributed by atoms with E-state index in [1.165, 1.54) is 0 Å². The van der Waals surface area contributed by atoms with Gasteiger partial charge in [0.1, 0.15) is 0 Å². The number of hydrogen-bond acceptors (Lipinski definition) is 4. The summed E-state index contributed by atoms with van der Waals surface area (Å²) in [5.74, 6) is 0.830. The average molecular weight is 285 g/mol. The van der Waals surface area contributed by atoms with Gasteiger partial charge in [-0.05, 0) is 27.9 Å². The van der Waals surface area contributed by atoms with Gasteiger partial charge in [-0.1, -0.05) is 0 Å². The predicted octanol–water partition coefficient (Wildman–Crippen LogP) is -0.178. The lowest BCUT2D eigenvalue weighted by atomic mass is 10.1. The summed E-state index contributed by atoms with van der Waals surface area (Å²) in [6, 6.07) is 0.516. The number of piperazine rings is 1. The maximum atomic E-state index is 5.40. The van der Waals surface area contributed by atoms with Crippen LogP contribution >= 0.6 is 0 Å². The number of hydrogen-bond donors (Lipinski definition) is 2. The lowest BCUT2D eigenvalue weighted by Crippen LogP contribution is -2.56. The molecule has 1 heterocycles. The smallest absolute Gasteiger partial charge is 0.191 e. The second kappa shape index (κ2) is 7.81. The second-order valence-corrected chi connectivity index (χ2v) is 6.17. The summed E-state index contributed by atoms with van der Waals surface area (Å²) in [7, 11) is 7.88. The van der Waals surface area contributed by atoms with Crippen LogP contribution in [-0.4, -0.2) is 88.4 Å². The van der Waals surface area contributed by atoms with Crippen LogP contribution in [0.3, 0.4) is 0 Å². The van der Waals surface area contributed by atoms with Crippen LogP contribution in [0.15, 0.2) is 4.99 Å². The predicted molar refractivity (Wildman–Crippen MR) is 84.4 cm³/mol. The molecule has 1 rings (SSSR count). The van der Waals surface area contributed by atoms with Crippen molar-refractivity contribution in [1.29, 1.82) is 0 Å². The van der Waals surface area contributed by atoms with Gasteiger partial charge in [0.15, 0.2) is 5.96 Å². The van der Waals surface area contributed by atoms with Crippen LogP contribution in [-0.2, 0) is 4.74 Å². The molecule has 6 nitrogen and oxygen atoms in total. The van der Waals surface area contributed by atoms with Gasteiger partial charge in [0.2, 0.25) is 0 Å². The highest BCUT2D eigenvalue weighted by molar-refractivity contribution is 5.79. The van der Waals surface area contributed by atoms with E-state index >= 15 is 0 Å². The van der Waals surface area contributed by atoms with E-state index in [1.54, 1.807) is 14.2 Å². The molecular weight excluding hydrogens is 254 g/mol.